The number of halogens is 1. The van der Waals surface area contributed by atoms with Gasteiger partial charge in [-0.05, 0) is 37.1 Å². The molecule has 136 valence electrons. The van der Waals surface area contributed by atoms with Gasteiger partial charge in [-0.2, -0.15) is 4.52 Å². The van der Waals surface area contributed by atoms with E-state index in [4.69, 9.17) is 21.3 Å². The van der Waals surface area contributed by atoms with Crippen molar-refractivity contribution < 1.29 is 4.74 Å². The standard InChI is InChI=1S/C20H18ClN5O/c21-14-6-3-5-13(11-14)18-20-23-19(22-12-15-7-4-10-27-15)16-8-1-2-9-17(16)26(20)25-24-18/h1-3,5-6,8-9,11,15H,4,7,10,12H2,(H,22,23). The van der Waals surface area contributed by atoms with Crippen LogP contribution in [0.5, 0.6) is 0 Å². The molecule has 6 nitrogen and oxygen atoms in total. The van der Waals surface area contributed by atoms with Gasteiger partial charge in [0.1, 0.15) is 11.5 Å². The van der Waals surface area contributed by atoms with Crippen LogP contribution in [0.25, 0.3) is 27.8 Å². The second-order valence-corrected chi connectivity index (χ2v) is 7.11. The van der Waals surface area contributed by atoms with E-state index in [1.54, 1.807) is 4.52 Å². The number of benzene rings is 2. The van der Waals surface area contributed by atoms with Crippen LogP contribution in [0.15, 0.2) is 48.5 Å². The minimum atomic E-state index is 0.234. The van der Waals surface area contributed by atoms with Crippen molar-refractivity contribution in [1.29, 1.82) is 0 Å². The van der Waals surface area contributed by atoms with Gasteiger partial charge >= 0.3 is 0 Å². The van der Waals surface area contributed by atoms with Gasteiger partial charge in [0, 0.05) is 29.1 Å². The maximum atomic E-state index is 6.16. The largest absolute Gasteiger partial charge is 0.376 e. The molecule has 1 aliphatic heterocycles. The van der Waals surface area contributed by atoms with Crippen LogP contribution in [-0.4, -0.2) is 39.1 Å². The summed E-state index contributed by atoms with van der Waals surface area (Å²) >= 11 is 6.16. The molecule has 1 saturated heterocycles. The molecular formula is C20H18ClN5O. The predicted molar refractivity (Wildman–Crippen MR) is 106 cm³/mol. The third-order valence-corrected chi connectivity index (χ3v) is 5.11. The molecule has 0 radical (unpaired) electrons. The molecule has 4 aromatic rings. The van der Waals surface area contributed by atoms with Gasteiger partial charge in [-0.1, -0.05) is 41.1 Å². The summed E-state index contributed by atoms with van der Waals surface area (Å²) in [6.07, 6.45) is 2.43. The number of aromatic nitrogens is 4. The average Bonchev–Trinajstić information content (AvgIpc) is 3.36. The second-order valence-electron chi connectivity index (χ2n) is 6.68. The zero-order valence-electron chi connectivity index (χ0n) is 14.6. The van der Waals surface area contributed by atoms with Gasteiger partial charge < -0.3 is 10.1 Å². The Hall–Kier alpha value is -2.70. The van der Waals surface area contributed by atoms with Crippen LogP contribution in [-0.2, 0) is 4.74 Å². The van der Waals surface area contributed by atoms with E-state index < -0.39 is 0 Å². The van der Waals surface area contributed by atoms with E-state index in [0.29, 0.717) is 16.4 Å². The van der Waals surface area contributed by atoms with E-state index >= 15 is 0 Å². The Labute approximate surface area is 161 Å². The van der Waals surface area contributed by atoms with Crippen molar-refractivity contribution >= 4 is 34.0 Å². The number of para-hydroxylation sites is 1. The number of ether oxygens (including phenoxy) is 1. The summed E-state index contributed by atoms with van der Waals surface area (Å²) in [5.41, 5.74) is 3.26. The first kappa shape index (κ1) is 16.5. The van der Waals surface area contributed by atoms with Crippen LogP contribution in [0.4, 0.5) is 5.82 Å². The van der Waals surface area contributed by atoms with Crippen LogP contribution >= 0.6 is 11.6 Å². The summed E-state index contributed by atoms with van der Waals surface area (Å²) in [7, 11) is 0. The first-order valence-corrected chi connectivity index (χ1v) is 9.43. The molecule has 0 amide bonds. The minimum absolute atomic E-state index is 0.234. The minimum Gasteiger partial charge on any atom is -0.376 e. The highest BCUT2D eigenvalue weighted by Gasteiger charge is 2.18. The Bertz CT molecular complexity index is 1120. The van der Waals surface area contributed by atoms with Gasteiger partial charge in [0.15, 0.2) is 5.65 Å². The molecule has 1 atom stereocenters. The molecular weight excluding hydrogens is 362 g/mol. The fourth-order valence-electron chi connectivity index (χ4n) is 3.54. The summed E-state index contributed by atoms with van der Waals surface area (Å²) in [6, 6.07) is 15.6. The molecule has 1 aliphatic rings. The quantitative estimate of drug-likeness (QED) is 0.576. The molecule has 0 bridgehead atoms. The van der Waals surface area contributed by atoms with Crippen LogP contribution in [0, 0.1) is 0 Å². The summed E-state index contributed by atoms with van der Waals surface area (Å²) in [5.74, 6) is 0.819. The highest BCUT2D eigenvalue weighted by molar-refractivity contribution is 6.30. The van der Waals surface area contributed by atoms with E-state index in [-0.39, 0.29) is 6.10 Å². The average molecular weight is 380 g/mol. The summed E-state index contributed by atoms with van der Waals surface area (Å²) in [5, 5.41) is 13.8. The Morgan fingerprint density at radius 1 is 1.19 bits per heavy atom. The molecule has 5 rings (SSSR count). The number of anilines is 1. The lowest BCUT2D eigenvalue weighted by atomic mass is 10.1. The van der Waals surface area contributed by atoms with Crippen LogP contribution in [0.2, 0.25) is 5.02 Å². The van der Waals surface area contributed by atoms with Crippen LogP contribution in [0.3, 0.4) is 0 Å². The molecule has 0 spiro atoms. The lowest BCUT2D eigenvalue weighted by Gasteiger charge is -2.13. The molecule has 7 heteroatoms. The maximum absolute atomic E-state index is 6.16. The first-order chi connectivity index (χ1) is 13.3. The predicted octanol–water partition coefficient (Wildman–Crippen LogP) is 4.19. The normalized spacial score (nSPS) is 17.0. The third-order valence-electron chi connectivity index (χ3n) is 4.87. The number of hydrogen-bond acceptors (Lipinski definition) is 5. The molecule has 27 heavy (non-hydrogen) atoms. The number of fused-ring (bicyclic) bond motifs is 3. The van der Waals surface area contributed by atoms with Gasteiger partial charge in [-0.15, -0.1) is 5.10 Å². The van der Waals surface area contributed by atoms with E-state index in [1.807, 2.05) is 48.5 Å². The molecule has 0 saturated carbocycles. The van der Waals surface area contributed by atoms with Gasteiger partial charge in [0.25, 0.3) is 0 Å². The molecule has 2 aromatic carbocycles. The topological polar surface area (TPSA) is 64.3 Å². The Morgan fingerprint density at radius 3 is 2.96 bits per heavy atom. The summed E-state index contributed by atoms with van der Waals surface area (Å²) in [6.45, 7) is 1.58. The van der Waals surface area contributed by atoms with Gasteiger partial charge in [-0.3, -0.25) is 0 Å². The van der Waals surface area contributed by atoms with Crippen LogP contribution in [0.1, 0.15) is 12.8 Å². The summed E-state index contributed by atoms with van der Waals surface area (Å²) in [4.78, 5) is 4.86. The van der Waals surface area contributed by atoms with Crippen molar-refractivity contribution in [3.63, 3.8) is 0 Å². The molecule has 1 unspecified atom stereocenters. The van der Waals surface area contributed by atoms with Crippen molar-refractivity contribution in [2.75, 3.05) is 18.5 Å². The number of nitrogens with zero attached hydrogens (tertiary/aromatic N) is 4. The molecule has 3 heterocycles. The second kappa shape index (κ2) is 6.79. The van der Waals surface area contributed by atoms with E-state index in [1.165, 1.54) is 0 Å². The fourth-order valence-corrected chi connectivity index (χ4v) is 3.73. The fraction of sp³-hybridized carbons (Fsp3) is 0.250. The van der Waals surface area contributed by atoms with Crippen molar-refractivity contribution in [1.82, 2.24) is 19.8 Å². The molecule has 1 fully saturated rings. The van der Waals surface area contributed by atoms with Gasteiger partial charge in [0.05, 0.1) is 11.6 Å². The SMILES string of the molecule is Clc1cccc(-c2nnn3c2nc(NCC2CCCO2)c2ccccc23)c1. The highest BCUT2D eigenvalue weighted by Crippen LogP contribution is 2.29. The lowest BCUT2D eigenvalue weighted by Crippen LogP contribution is -2.19. The zero-order valence-corrected chi connectivity index (χ0v) is 15.4. The smallest absolute Gasteiger partial charge is 0.186 e. The van der Waals surface area contributed by atoms with Crippen molar-refractivity contribution in [3.8, 4) is 11.3 Å². The van der Waals surface area contributed by atoms with Gasteiger partial charge in [-0.25, -0.2) is 4.98 Å². The molecule has 1 N–H and O–H groups in total. The number of nitrogens with one attached hydrogen (secondary N) is 1. The first-order valence-electron chi connectivity index (χ1n) is 9.05. The maximum Gasteiger partial charge on any atom is 0.186 e. The lowest BCUT2D eigenvalue weighted by molar-refractivity contribution is 0.120. The Kier molecular flexibility index (Phi) is 4.14. The summed E-state index contributed by atoms with van der Waals surface area (Å²) < 4.78 is 7.51. The highest BCUT2D eigenvalue weighted by atomic mass is 35.5. The monoisotopic (exact) mass is 379 g/mol. The number of hydrogen-bond donors (Lipinski definition) is 1. The third kappa shape index (κ3) is 3.01. The zero-order chi connectivity index (χ0) is 18.2. The van der Waals surface area contributed by atoms with Crippen LogP contribution < -0.4 is 5.32 Å². The van der Waals surface area contributed by atoms with Gasteiger partial charge in [0.2, 0.25) is 0 Å². The number of rotatable bonds is 4. The van der Waals surface area contributed by atoms with Crippen molar-refractivity contribution in [2.45, 2.75) is 18.9 Å². The van der Waals surface area contributed by atoms with E-state index in [2.05, 4.69) is 15.6 Å². The Balaban J connectivity index is 1.64. The van der Waals surface area contributed by atoms with Crippen molar-refractivity contribution in [3.05, 3.63) is 53.6 Å². The molecule has 0 aliphatic carbocycles. The molecule has 2 aromatic heterocycles. The Morgan fingerprint density at radius 2 is 2.11 bits per heavy atom. The van der Waals surface area contributed by atoms with Crippen molar-refractivity contribution in [2.24, 2.45) is 0 Å². The van der Waals surface area contributed by atoms with E-state index in [9.17, 15) is 0 Å². The van der Waals surface area contributed by atoms with E-state index in [0.717, 1.165) is 48.3 Å².